The Hall–Kier alpha value is -0.630. The Morgan fingerprint density at radius 2 is 2.16 bits per heavy atom. The van der Waals surface area contributed by atoms with Gasteiger partial charge in [-0.05, 0) is 20.9 Å². The number of hydrogen-bond donors (Lipinski definition) is 1. The van der Waals surface area contributed by atoms with Crippen molar-refractivity contribution in [2.45, 2.75) is 30.7 Å². The number of nitrogens with one attached hydrogen (secondary N) is 1. The molecule has 0 aliphatic carbocycles. The molecule has 0 radical (unpaired) electrons. The van der Waals surface area contributed by atoms with Crippen LogP contribution in [0.3, 0.4) is 0 Å². The van der Waals surface area contributed by atoms with Crippen molar-refractivity contribution in [3.63, 3.8) is 0 Å². The fourth-order valence-corrected chi connectivity index (χ4v) is 4.72. The van der Waals surface area contributed by atoms with Crippen molar-refractivity contribution in [2.75, 3.05) is 26.7 Å². The van der Waals surface area contributed by atoms with Crippen LogP contribution < -0.4 is 0 Å². The number of aromatic nitrogens is 2. The molecule has 0 amide bonds. The molecule has 8 heteroatoms. The van der Waals surface area contributed by atoms with Gasteiger partial charge in [0, 0.05) is 25.7 Å². The number of aryl methyl sites for hydroxylation is 1. The van der Waals surface area contributed by atoms with E-state index < -0.39 is 10.0 Å². The van der Waals surface area contributed by atoms with E-state index in [1.807, 2.05) is 14.0 Å². The molecule has 108 valence electrons. The first-order chi connectivity index (χ1) is 8.87. The summed E-state index contributed by atoms with van der Waals surface area (Å²) in [6, 6.07) is -0.0544. The lowest BCUT2D eigenvalue weighted by Crippen LogP contribution is -2.52. The Morgan fingerprint density at radius 3 is 2.74 bits per heavy atom. The van der Waals surface area contributed by atoms with E-state index in [4.69, 9.17) is 11.6 Å². The van der Waals surface area contributed by atoms with Crippen molar-refractivity contribution in [1.82, 2.24) is 19.4 Å². The number of rotatable bonds is 3. The summed E-state index contributed by atoms with van der Waals surface area (Å²) in [5.41, 5.74) is 0.937. The number of piperazine rings is 1. The largest absolute Gasteiger partial charge is 0.303 e. The van der Waals surface area contributed by atoms with Crippen LogP contribution >= 0.6 is 11.6 Å². The van der Waals surface area contributed by atoms with Crippen molar-refractivity contribution in [3.05, 3.63) is 11.4 Å². The first-order valence-electron chi connectivity index (χ1n) is 6.18. The van der Waals surface area contributed by atoms with Gasteiger partial charge in [0.2, 0.25) is 10.0 Å². The van der Waals surface area contributed by atoms with Crippen molar-refractivity contribution in [1.29, 1.82) is 0 Å². The number of likely N-dealkylation sites (N-methyl/N-ethyl adjacent to an activating group) is 1. The number of hydrogen-bond acceptors (Lipinski definition) is 4. The Kier molecular flexibility index (Phi) is 4.20. The van der Waals surface area contributed by atoms with Crippen LogP contribution in [0.15, 0.2) is 4.90 Å². The quantitative estimate of drug-likeness (QED) is 0.838. The van der Waals surface area contributed by atoms with Gasteiger partial charge >= 0.3 is 0 Å². The van der Waals surface area contributed by atoms with Gasteiger partial charge in [-0.2, -0.15) is 9.40 Å². The van der Waals surface area contributed by atoms with E-state index in [0.717, 1.165) is 13.1 Å². The molecular weight excluding hydrogens is 288 g/mol. The molecule has 1 N–H and O–H groups in total. The van der Waals surface area contributed by atoms with Crippen LogP contribution in [-0.4, -0.2) is 60.5 Å². The Morgan fingerprint density at radius 1 is 1.47 bits per heavy atom. The van der Waals surface area contributed by atoms with Crippen LogP contribution in [0.2, 0.25) is 0 Å². The van der Waals surface area contributed by atoms with Crippen molar-refractivity contribution < 1.29 is 8.42 Å². The predicted octanol–water partition coefficient (Wildman–Crippen LogP) is 0.782. The molecule has 2 heterocycles. The fraction of sp³-hybridized carbons (Fsp3) is 0.727. The number of alkyl halides is 1. The van der Waals surface area contributed by atoms with E-state index in [2.05, 4.69) is 15.1 Å². The smallest absolute Gasteiger partial charge is 0.247 e. The van der Waals surface area contributed by atoms with Crippen LogP contribution in [0.4, 0.5) is 0 Å². The summed E-state index contributed by atoms with van der Waals surface area (Å²) < 4.78 is 27.1. The zero-order chi connectivity index (χ0) is 14.2. The number of H-pyrrole nitrogens is 1. The summed E-state index contributed by atoms with van der Waals surface area (Å²) in [6.45, 7) is 5.58. The lowest BCUT2D eigenvalue weighted by atomic mass is 10.2. The van der Waals surface area contributed by atoms with Crippen LogP contribution in [0, 0.1) is 6.92 Å². The molecule has 1 aromatic rings. The SMILES string of the molecule is Cc1[nH]nc(CCl)c1S(=O)(=O)N1CCN(C)CC1C. The molecule has 2 rings (SSSR count). The summed E-state index contributed by atoms with van der Waals surface area (Å²) in [4.78, 5) is 2.36. The lowest BCUT2D eigenvalue weighted by Gasteiger charge is -2.37. The Balaban J connectivity index is 2.39. The van der Waals surface area contributed by atoms with Crippen LogP contribution in [0.5, 0.6) is 0 Å². The minimum Gasteiger partial charge on any atom is -0.303 e. The Bertz CT molecular complexity index is 557. The van der Waals surface area contributed by atoms with Gasteiger partial charge in [-0.25, -0.2) is 8.42 Å². The normalized spacial score (nSPS) is 22.8. The summed E-state index contributed by atoms with van der Waals surface area (Å²) >= 11 is 5.78. The number of halogens is 1. The van der Waals surface area contributed by atoms with E-state index in [1.165, 1.54) is 0 Å². The molecule has 6 nitrogen and oxygen atoms in total. The van der Waals surface area contributed by atoms with E-state index in [1.54, 1.807) is 11.2 Å². The zero-order valence-corrected chi connectivity index (χ0v) is 12.9. The minimum atomic E-state index is -3.54. The molecule has 19 heavy (non-hydrogen) atoms. The molecule has 1 atom stereocenters. The van der Waals surface area contributed by atoms with Gasteiger partial charge in [0.05, 0.1) is 17.3 Å². The molecule has 1 fully saturated rings. The fourth-order valence-electron chi connectivity index (χ4n) is 2.50. The van der Waals surface area contributed by atoms with Gasteiger partial charge in [0.25, 0.3) is 0 Å². The maximum atomic E-state index is 12.8. The average molecular weight is 307 g/mol. The van der Waals surface area contributed by atoms with Crippen LogP contribution in [0.1, 0.15) is 18.3 Å². The number of nitrogens with zero attached hydrogens (tertiary/aromatic N) is 3. The highest BCUT2D eigenvalue weighted by Crippen LogP contribution is 2.26. The summed E-state index contributed by atoms with van der Waals surface area (Å²) in [5.74, 6) is 0.0844. The van der Waals surface area contributed by atoms with Crippen molar-refractivity contribution in [3.8, 4) is 0 Å². The third-order valence-electron chi connectivity index (χ3n) is 3.42. The first kappa shape index (κ1) is 14.8. The molecule has 1 aliphatic heterocycles. The molecule has 0 aromatic carbocycles. The summed E-state index contributed by atoms with van der Waals surface area (Å²) in [7, 11) is -1.54. The minimum absolute atomic E-state index is 0.0544. The molecule has 0 spiro atoms. The van der Waals surface area contributed by atoms with Gasteiger partial charge < -0.3 is 4.90 Å². The molecular formula is C11H19ClN4O2S. The van der Waals surface area contributed by atoms with E-state index in [0.29, 0.717) is 17.9 Å². The van der Waals surface area contributed by atoms with E-state index in [-0.39, 0.29) is 16.8 Å². The second-order valence-electron chi connectivity index (χ2n) is 4.99. The lowest BCUT2D eigenvalue weighted by molar-refractivity contribution is 0.170. The summed E-state index contributed by atoms with van der Waals surface area (Å²) in [6.07, 6.45) is 0. The van der Waals surface area contributed by atoms with Crippen LogP contribution in [0.25, 0.3) is 0 Å². The predicted molar refractivity (Wildman–Crippen MR) is 73.7 cm³/mol. The van der Waals surface area contributed by atoms with Crippen molar-refractivity contribution in [2.24, 2.45) is 0 Å². The topological polar surface area (TPSA) is 69.3 Å². The highest BCUT2D eigenvalue weighted by atomic mass is 35.5. The van der Waals surface area contributed by atoms with Gasteiger partial charge in [0.15, 0.2) is 0 Å². The third-order valence-corrected chi connectivity index (χ3v) is 5.89. The second kappa shape index (κ2) is 5.40. The van der Waals surface area contributed by atoms with Crippen LogP contribution in [-0.2, 0) is 15.9 Å². The standard InChI is InChI=1S/C11H19ClN4O2S/c1-8-7-15(3)4-5-16(8)19(17,18)11-9(2)13-14-10(11)6-12/h8H,4-7H2,1-3H3,(H,13,14). The van der Waals surface area contributed by atoms with Crippen molar-refractivity contribution >= 4 is 21.6 Å². The van der Waals surface area contributed by atoms with E-state index >= 15 is 0 Å². The maximum absolute atomic E-state index is 12.8. The van der Waals surface area contributed by atoms with Gasteiger partial charge in [0.1, 0.15) is 4.90 Å². The number of sulfonamides is 1. The molecule has 1 unspecified atom stereocenters. The van der Waals surface area contributed by atoms with Gasteiger partial charge in [-0.3, -0.25) is 5.10 Å². The number of aromatic amines is 1. The highest BCUT2D eigenvalue weighted by Gasteiger charge is 2.36. The van der Waals surface area contributed by atoms with Gasteiger partial charge in [-0.1, -0.05) is 0 Å². The monoisotopic (exact) mass is 306 g/mol. The Labute approximate surface area is 118 Å². The third kappa shape index (κ3) is 2.65. The van der Waals surface area contributed by atoms with E-state index in [9.17, 15) is 8.42 Å². The molecule has 0 bridgehead atoms. The molecule has 0 saturated carbocycles. The maximum Gasteiger partial charge on any atom is 0.247 e. The highest BCUT2D eigenvalue weighted by molar-refractivity contribution is 7.89. The first-order valence-corrected chi connectivity index (χ1v) is 8.15. The zero-order valence-electron chi connectivity index (χ0n) is 11.4. The summed E-state index contributed by atoms with van der Waals surface area (Å²) in [5, 5.41) is 6.67. The molecule has 1 aliphatic rings. The van der Waals surface area contributed by atoms with Gasteiger partial charge in [-0.15, -0.1) is 11.6 Å². The molecule has 1 aromatic heterocycles. The second-order valence-corrected chi connectivity index (χ2v) is 7.08. The average Bonchev–Trinajstić information content (AvgIpc) is 2.70. The molecule has 1 saturated heterocycles.